The molecule has 0 N–H and O–H groups in total. The zero-order valence-electron chi connectivity index (χ0n) is 44.3. The van der Waals surface area contributed by atoms with E-state index >= 15 is 0 Å². The first-order chi connectivity index (χ1) is 38.2. The minimum Gasteiger partial charge on any atom is -0.309 e. The molecule has 78 heavy (non-hydrogen) atoms. The van der Waals surface area contributed by atoms with E-state index in [1.54, 1.807) is 0 Å². The summed E-state index contributed by atoms with van der Waals surface area (Å²) in [7, 11) is 0. The molecule has 0 fully saturated rings. The number of fused-ring (bicyclic) bond motifs is 12. The Balaban J connectivity index is 0.664. The molecule has 0 saturated carbocycles. The average Bonchev–Trinajstić information content (AvgIpc) is 4.09. The molecule has 15 rings (SSSR count). The molecule has 2 aliphatic carbocycles. The van der Waals surface area contributed by atoms with E-state index in [1.807, 2.05) is 0 Å². The molecule has 0 amide bonds. The van der Waals surface area contributed by atoms with Crippen molar-refractivity contribution in [1.29, 1.82) is 0 Å². The summed E-state index contributed by atoms with van der Waals surface area (Å²) in [5.74, 6) is 0. The number of aromatic nitrogens is 2. The summed E-state index contributed by atoms with van der Waals surface area (Å²) in [6.45, 7) is 9.63. The van der Waals surface area contributed by atoms with Crippen molar-refractivity contribution in [2.45, 2.75) is 38.5 Å². The maximum Gasteiger partial charge on any atom is 0.0541 e. The van der Waals surface area contributed by atoms with Crippen LogP contribution in [0.1, 0.15) is 72.2 Å². The number of rotatable bonds is 8. The van der Waals surface area contributed by atoms with Crippen LogP contribution in [0.25, 0.3) is 124 Å². The summed E-state index contributed by atoms with van der Waals surface area (Å²) in [5.41, 5.74) is 27.7. The summed E-state index contributed by atoms with van der Waals surface area (Å²) in [6, 6.07) is 89.8. The predicted molar refractivity (Wildman–Crippen MR) is 332 cm³/mol. The van der Waals surface area contributed by atoms with E-state index in [1.165, 1.54) is 144 Å². The first kappa shape index (κ1) is 45.9. The zero-order valence-corrected chi connectivity index (χ0v) is 44.3. The Bertz CT molecular complexity index is 4320. The van der Waals surface area contributed by atoms with Crippen LogP contribution in [-0.4, -0.2) is 9.13 Å². The average molecular weight is 997 g/mol. The Kier molecular flexibility index (Phi) is 10.3. The molecule has 2 heteroatoms. The van der Waals surface area contributed by atoms with Gasteiger partial charge < -0.3 is 9.13 Å². The van der Waals surface area contributed by atoms with Crippen molar-refractivity contribution in [2.75, 3.05) is 0 Å². The standard InChI is InChI=1S/C76H56N2/c1-75(2)67-45-55(53-33-27-49(28-34-53)23-25-51-31-41-73-65(43-51)61-19-11-13-21-71(61)77(73)57-15-7-5-8-16-57)37-39-59(67)63-48-70-64(47-69(63)75)60-40-38-56(46-68(60)76(70,3)4)54-35-29-50(30-36-54)24-26-52-32-42-74-66(44-52)62-20-12-14-22-72(62)78(74)58-17-9-6-10-18-58/h5-48H,1-4H3. The van der Waals surface area contributed by atoms with Crippen LogP contribution in [0.4, 0.5) is 0 Å². The van der Waals surface area contributed by atoms with E-state index in [0.29, 0.717) is 0 Å². The van der Waals surface area contributed by atoms with E-state index in [4.69, 9.17) is 0 Å². The molecule has 13 aromatic rings. The van der Waals surface area contributed by atoms with Gasteiger partial charge in [-0.15, -0.1) is 0 Å². The number of benzene rings is 11. The summed E-state index contributed by atoms with van der Waals surface area (Å²) < 4.78 is 4.73. The monoisotopic (exact) mass is 996 g/mol. The fourth-order valence-corrected chi connectivity index (χ4v) is 13.2. The summed E-state index contributed by atoms with van der Waals surface area (Å²) >= 11 is 0. The minimum absolute atomic E-state index is 0.147. The highest BCUT2D eigenvalue weighted by Crippen LogP contribution is 2.57. The van der Waals surface area contributed by atoms with Gasteiger partial charge in [-0.1, -0.05) is 210 Å². The predicted octanol–water partition coefficient (Wildman–Crippen LogP) is 20.2. The Morgan fingerprint density at radius 2 is 0.590 bits per heavy atom. The lowest BCUT2D eigenvalue weighted by Crippen LogP contribution is -2.17. The van der Waals surface area contributed by atoms with Crippen LogP contribution in [0.15, 0.2) is 243 Å². The third-order valence-corrected chi connectivity index (χ3v) is 17.3. The van der Waals surface area contributed by atoms with Gasteiger partial charge in [0.15, 0.2) is 0 Å². The molecule has 0 atom stereocenters. The second kappa shape index (κ2) is 17.5. The first-order valence-electron chi connectivity index (χ1n) is 27.4. The fourth-order valence-electron chi connectivity index (χ4n) is 13.2. The third-order valence-electron chi connectivity index (χ3n) is 17.3. The van der Waals surface area contributed by atoms with E-state index in [0.717, 1.165) is 0 Å². The summed E-state index contributed by atoms with van der Waals surface area (Å²) in [4.78, 5) is 0. The molecule has 0 spiro atoms. The van der Waals surface area contributed by atoms with Crippen LogP contribution < -0.4 is 0 Å². The van der Waals surface area contributed by atoms with Crippen LogP contribution in [0, 0.1) is 0 Å². The highest BCUT2D eigenvalue weighted by molar-refractivity contribution is 6.11. The molecule has 2 aliphatic rings. The van der Waals surface area contributed by atoms with Crippen LogP contribution >= 0.6 is 0 Å². The van der Waals surface area contributed by atoms with Crippen molar-refractivity contribution in [2.24, 2.45) is 0 Å². The minimum atomic E-state index is -0.147. The smallest absolute Gasteiger partial charge is 0.0541 e. The van der Waals surface area contributed by atoms with Gasteiger partial charge >= 0.3 is 0 Å². The van der Waals surface area contributed by atoms with Crippen LogP contribution in [0.2, 0.25) is 0 Å². The number of hydrogen-bond donors (Lipinski definition) is 0. The van der Waals surface area contributed by atoms with Crippen molar-refractivity contribution in [3.05, 3.63) is 287 Å². The van der Waals surface area contributed by atoms with E-state index < -0.39 is 0 Å². The fraction of sp³-hybridized carbons (Fsp3) is 0.0789. The van der Waals surface area contributed by atoms with Gasteiger partial charge in [0.2, 0.25) is 0 Å². The van der Waals surface area contributed by atoms with Gasteiger partial charge in [0.25, 0.3) is 0 Å². The zero-order chi connectivity index (χ0) is 52.3. The van der Waals surface area contributed by atoms with E-state index in [-0.39, 0.29) is 10.8 Å². The maximum absolute atomic E-state index is 2.53. The Hall–Kier alpha value is -9.50. The van der Waals surface area contributed by atoms with Gasteiger partial charge in [0, 0.05) is 43.7 Å². The molecule has 0 unspecified atom stereocenters. The van der Waals surface area contributed by atoms with Gasteiger partial charge in [-0.25, -0.2) is 0 Å². The molecule has 0 aliphatic heterocycles. The Morgan fingerprint density at radius 3 is 1.01 bits per heavy atom. The largest absolute Gasteiger partial charge is 0.309 e. The third kappa shape index (κ3) is 7.24. The van der Waals surface area contributed by atoms with E-state index in [9.17, 15) is 0 Å². The Labute approximate surface area is 456 Å². The quantitative estimate of drug-likeness (QED) is 0.134. The molecule has 0 radical (unpaired) electrons. The number of nitrogens with zero attached hydrogens (tertiary/aromatic N) is 2. The lowest BCUT2D eigenvalue weighted by Gasteiger charge is -2.24. The van der Waals surface area contributed by atoms with Crippen molar-refractivity contribution in [3.8, 4) is 55.9 Å². The second-order valence-corrected chi connectivity index (χ2v) is 22.6. The van der Waals surface area contributed by atoms with Crippen molar-refractivity contribution in [1.82, 2.24) is 9.13 Å². The van der Waals surface area contributed by atoms with Crippen LogP contribution in [0.3, 0.4) is 0 Å². The number of hydrogen-bond acceptors (Lipinski definition) is 0. The normalized spacial score (nSPS) is 14.0. The molecule has 2 heterocycles. The van der Waals surface area contributed by atoms with Gasteiger partial charge in [-0.3, -0.25) is 0 Å². The molecule has 370 valence electrons. The second-order valence-electron chi connectivity index (χ2n) is 22.6. The molecular weight excluding hydrogens is 941 g/mol. The molecule has 2 nitrogen and oxygen atoms in total. The maximum atomic E-state index is 2.53. The highest BCUT2D eigenvalue weighted by atomic mass is 15.0. The van der Waals surface area contributed by atoms with Crippen molar-refractivity contribution in [3.63, 3.8) is 0 Å². The first-order valence-corrected chi connectivity index (χ1v) is 27.4. The molecule has 11 aromatic carbocycles. The van der Waals surface area contributed by atoms with Crippen molar-refractivity contribution >= 4 is 67.9 Å². The topological polar surface area (TPSA) is 9.86 Å². The van der Waals surface area contributed by atoms with Crippen LogP contribution in [-0.2, 0) is 10.8 Å². The lowest BCUT2D eigenvalue weighted by molar-refractivity contribution is 0.652. The van der Waals surface area contributed by atoms with Crippen LogP contribution in [0.5, 0.6) is 0 Å². The number of para-hydroxylation sites is 4. The molecule has 2 aromatic heterocycles. The summed E-state index contributed by atoms with van der Waals surface area (Å²) in [6.07, 6.45) is 8.94. The SMILES string of the molecule is CC1(C)c2cc(-c3ccc(C=Cc4ccc5c(c4)c4ccccc4n5-c4ccccc4)cc3)ccc2-c2cc3c(cc21)-c1ccc(-c2ccc(C=Cc4ccc5c(c4)c4ccccc4n5-c4ccccc4)cc2)cc1C3(C)C. The van der Waals surface area contributed by atoms with Crippen molar-refractivity contribution < 1.29 is 0 Å². The van der Waals surface area contributed by atoms with Gasteiger partial charge in [0.1, 0.15) is 0 Å². The molecule has 0 saturated heterocycles. The molecular formula is C76H56N2. The molecule has 0 bridgehead atoms. The summed E-state index contributed by atoms with van der Waals surface area (Å²) in [5, 5.41) is 5.06. The Morgan fingerprint density at radius 1 is 0.256 bits per heavy atom. The van der Waals surface area contributed by atoms with Gasteiger partial charge in [0.05, 0.1) is 22.1 Å². The lowest BCUT2D eigenvalue weighted by atomic mass is 9.79. The van der Waals surface area contributed by atoms with E-state index in [2.05, 4.69) is 304 Å². The van der Waals surface area contributed by atoms with Gasteiger partial charge in [-0.2, -0.15) is 0 Å². The highest BCUT2D eigenvalue weighted by Gasteiger charge is 2.42. The van der Waals surface area contributed by atoms with Gasteiger partial charge in [-0.05, 0) is 174 Å².